The fourth-order valence-electron chi connectivity index (χ4n) is 3.13. The van der Waals surface area contributed by atoms with Gasteiger partial charge in [-0.2, -0.15) is 0 Å². The lowest BCUT2D eigenvalue weighted by atomic mass is 10.1. The number of hydrogen-bond donors (Lipinski definition) is 2. The number of methoxy groups -OCH3 is 2. The first-order valence-electron chi connectivity index (χ1n) is 9.97. The third kappa shape index (κ3) is 6.18. The Morgan fingerprint density at radius 1 is 0.812 bits per heavy atom. The first kappa shape index (κ1) is 22.6. The second-order valence-corrected chi connectivity index (χ2v) is 7.04. The van der Waals surface area contributed by atoms with E-state index >= 15 is 0 Å². The second-order valence-electron chi connectivity index (χ2n) is 7.04. The topological polar surface area (TPSA) is 93.7 Å². The molecular formula is C25H24N2O5. The average Bonchev–Trinajstić information content (AvgIpc) is 2.82. The lowest BCUT2D eigenvalue weighted by Gasteiger charge is -2.12. The Balaban J connectivity index is 1.71. The van der Waals surface area contributed by atoms with Crippen LogP contribution >= 0.6 is 0 Å². The summed E-state index contributed by atoms with van der Waals surface area (Å²) in [5.74, 6) is -0.345. The van der Waals surface area contributed by atoms with Crippen LogP contribution in [0, 0.1) is 0 Å². The monoisotopic (exact) mass is 432 g/mol. The van der Waals surface area contributed by atoms with Gasteiger partial charge in [0.25, 0.3) is 5.91 Å². The van der Waals surface area contributed by atoms with Gasteiger partial charge >= 0.3 is 5.97 Å². The van der Waals surface area contributed by atoms with E-state index in [4.69, 9.17) is 9.47 Å². The van der Waals surface area contributed by atoms with Crippen molar-refractivity contribution in [2.75, 3.05) is 19.5 Å². The lowest BCUT2D eigenvalue weighted by molar-refractivity contribution is -0.120. The molecule has 7 nitrogen and oxygen atoms in total. The Bertz CT molecular complexity index is 1110. The van der Waals surface area contributed by atoms with Crippen molar-refractivity contribution in [1.82, 2.24) is 5.32 Å². The van der Waals surface area contributed by atoms with Crippen molar-refractivity contribution in [3.63, 3.8) is 0 Å². The minimum absolute atomic E-state index is 0.182. The van der Waals surface area contributed by atoms with Crippen LogP contribution in [0.4, 0.5) is 5.69 Å². The smallest absolute Gasteiger partial charge is 0.337 e. The number of carbonyl (C=O) groups is 3. The molecule has 0 aliphatic heterocycles. The summed E-state index contributed by atoms with van der Waals surface area (Å²) in [7, 11) is 2.86. The van der Waals surface area contributed by atoms with E-state index in [-0.39, 0.29) is 30.3 Å². The maximum absolute atomic E-state index is 12.5. The molecule has 0 aliphatic rings. The molecule has 0 saturated heterocycles. The van der Waals surface area contributed by atoms with E-state index in [1.807, 2.05) is 24.3 Å². The van der Waals surface area contributed by atoms with E-state index in [0.29, 0.717) is 22.6 Å². The molecule has 3 aromatic rings. The lowest BCUT2D eigenvalue weighted by Crippen LogP contribution is -2.25. The fourth-order valence-corrected chi connectivity index (χ4v) is 3.13. The molecule has 32 heavy (non-hydrogen) atoms. The molecule has 3 aromatic carbocycles. The summed E-state index contributed by atoms with van der Waals surface area (Å²) in [6.45, 7) is 0.182. The maximum Gasteiger partial charge on any atom is 0.337 e. The molecule has 0 saturated carbocycles. The minimum atomic E-state index is -0.537. The quantitative estimate of drug-likeness (QED) is 0.531. The van der Waals surface area contributed by atoms with Gasteiger partial charge in [-0.15, -0.1) is 0 Å². The summed E-state index contributed by atoms with van der Waals surface area (Å²) in [4.78, 5) is 37.0. The van der Waals surface area contributed by atoms with Crippen LogP contribution in [0.2, 0.25) is 0 Å². The third-order valence-electron chi connectivity index (χ3n) is 4.70. The maximum atomic E-state index is 12.5. The van der Waals surface area contributed by atoms with E-state index in [1.165, 1.54) is 13.2 Å². The number of amides is 2. The van der Waals surface area contributed by atoms with Crippen molar-refractivity contribution in [3.8, 4) is 5.75 Å². The van der Waals surface area contributed by atoms with Gasteiger partial charge in [0.15, 0.2) is 0 Å². The zero-order valence-electron chi connectivity index (χ0n) is 17.9. The Morgan fingerprint density at radius 3 is 2.31 bits per heavy atom. The fraction of sp³-hybridized carbons (Fsp3) is 0.160. The number of carbonyl (C=O) groups excluding carboxylic acids is 3. The van der Waals surface area contributed by atoms with Crippen LogP contribution in [0.15, 0.2) is 72.8 Å². The predicted octanol–water partition coefficient (Wildman–Crippen LogP) is 3.59. The van der Waals surface area contributed by atoms with Crippen molar-refractivity contribution in [2.45, 2.75) is 13.0 Å². The Hall–Kier alpha value is -4.13. The molecular weight excluding hydrogens is 408 g/mol. The van der Waals surface area contributed by atoms with Gasteiger partial charge in [0.1, 0.15) is 5.75 Å². The number of anilines is 1. The highest BCUT2D eigenvalue weighted by Gasteiger charge is 2.13. The molecule has 0 aliphatic carbocycles. The molecule has 0 fully saturated rings. The van der Waals surface area contributed by atoms with Crippen molar-refractivity contribution < 1.29 is 23.9 Å². The van der Waals surface area contributed by atoms with Crippen LogP contribution in [-0.4, -0.2) is 32.0 Å². The van der Waals surface area contributed by atoms with Crippen LogP contribution in [0.3, 0.4) is 0 Å². The van der Waals surface area contributed by atoms with Crippen molar-refractivity contribution in [3.05, 3.63) is 95.1 Å². The molecule has 0 unspecified atom stereocenters. The molecule has 0 radical (unpaired) electrons. The first-order chi connectivity index (χ1) is 15.5. The highest BCUT2D eigenvalue weighted by Crippen LogP contribution is 2.18. The number of hydrogen-bond acceptors (Lipinski definition) is 5. The summed E-state index contributed by atoms with van der Waals surface area (Å²) in [6.07, 6.45) is 0.186. The summed E-state index contributed by atoms with van der Waals surface area (Å²) in [6, 6.07) is 20.9. The summed E-state index contributed by atoms with van der Waals surface area (Å²) in [5, 5.41) is 5.62. The molecule has 0 bridgehead atoms. The zero-order valence-corrected chi connectivity index (χ0v) is 17.9. The molecule has 0 spiro atoms. The number of nitrogens with one attached hydrogen (secondary N) is 2. The molecule has 2 N–H and O–H groups in total. The molecule has 2 amide bonds. The molecule has 0 heterocycles. The number of esters is 1. The zero-order chi connectivity index (χ0) is 22.9. The average molecular weight is 432 g/mol. The van der Waals surface area contributed by atoms with Gasteiger partial charge < -0.3 is 20.1 Å². The standard InChI is InChI=1S/C25H24N2O5/c1-31-22-10-6-7-17(13-22)14-23(28)26-16-18-11-20(25(30)32-2)15-21(12-18)27-24(29)19-8-4-3-5-9-19/h3-13,15H,14,16H2,1-2H3,(H,26,28)(H,27,29). The van der Waals surface area contributed by atoms with Gasteiger partial charge in [0, 0.05) is 17.8 Å². The van der Waals surface area contributed by atoms with Gasteiger partial charge in [-0.05, 0) is 53.6 Å². The van der Waals surface area contributed by atoms with Crippen LogP contribution in [0.1, 0.15) is 31.8 Å². The summed E-state index contributed by atoms with van der Waals surface area (Å²) >= 11 is 0. The van der Waals surface area contributed by atoms with Gasteiger partial charge in [-0.1, -0.05) is 30.3 Å². The normalized spacial score (nSPS) is 10.2. The van der Waals surface area contributed by atoms with E-state index in [1.54, 1.807) is 49.6 Å². The summed E-state index contributed by atoms with van der Waals surface area (Å²) in [5.41, 5.74) is 2.66. The first-order valence-corrected chi connectivity index (χ1v) is 9.97. The van der Waals surface area contributed by atoms with E-state index in [9.17, 15) is 14.4 Å². The molecule has 0 aromatic heterocycles. The molecule has 3 rings (SSSR count). The van der Waals surface area contributed by atoms with Crippen LogP contribution in [0.25, 0.3) is 0 Å². The Labute approximate surface area is 186 Å². The minimum Gasteiger partial charge on any atom is -0.497 e. The Kier molecular flexibility index (Phi) is 7.59. The molecule has 164 valence electrons. The highest BCUT2D eigenvalue weighted by atomic mass is 16.5. The molecule has 0 atom stereocenters. The van der Waals surface area contributed by atoms with E-state index in [0.717, 1.165) is 5.56 Å². The van der Waals surface area contributed by atoms with Crippen molar-refractivity contribution in [2.24, 2.45) is 0 Å². The largest absolute Gasteiger partial charge is 0.497 e. The van der Waals surface area contributed by atoms with Crippen LogP contribution in [0.5, 0.6) is 5.75 Å². The van der Waals surface area contributed by atoms with Crippen molar-refractivity contribution >= 4 is 23.5 Å². The Morgan fingerprint density at radius 2 is 1.59 bits per heavy atom. The van der Waals surface area contributed by atoms with Crippen LogP contribution < -0.4 is 15.4 Å². The van der Waals surface area contributed by atoms with Crippen LogP contribution in [-0.2, 0) is 22.5 Å². The number of ether oxygens (including phenoxy) is 2. The highest BCUT2D eigenvalue weighted by molar-refractivity contribution is 6.05. The van der Waals surface area contributed by atoms with Crippen molar-refractivity contribution in [1.29, 1.82) is 0 Å². The van der Waals surface area contributed by atoms with E-state index < -0.39 is 5.97 Å². The summed E-state index contributed by atoms with van der Waals surface area (Å²) < 4.78 is 9.99. The predicted molar refractivity (Wildman–Crippen MR) is 121 cm³/mol. The van der Waals surface area contributed by atoms with E-state index in [2.05, 4.69) is 10.6 Å². The number of rotatable bonds is 8. The number of benzene rings is 3. The third-order valence-corrected chi connectivity index (χ3v) is 4.70. The molecule has 7 heteroatoms. The second kappa shape index (κ2) is 10.8. The van der Waals surface area contributed by atoms with Gasteiger partial charge in [-0.25, -0.2) is 4.79 Å². The van der Waals surface area contributed by atoms with Gasteiger partial charge in [-0.3, -0.25) is 9.59 Å². The SMILES string of the molecule is COC(=O)c1cc(CNC(=O)Cc2cccc(OC)c2)cc(NC(=O)c2ccccc2)c1. The van der Waals surface area contributed by atoms with Gasteiger partial charge in [0.2, 0.25) is 5.91 Å². The van der Waals surface area contributed by atoms with Gasteiger partial charge in [0.05, 0.1) is 26.2 Å².